The van der Waals surface area contributed by atoms with Crippen molar-refractivity contribution >= 4 is 27.7 Å². The molecule has 3 rings (SSSR count). The highest BCUT2D eigenvalue weighted by molar-refractivity contribution is 9.10. The molecule has 4 nitrogen and oxygen atoms in total. The van der Waals surface area contributed by atoms with Gasteiger partial charge in [-0.1, -0.05) is 107 Å². The predicted octanol–water partition coefficient (Wildman–Crippen LogP) is 5.97. The van der Waals surface area contributed by atoms with Gasteiger partial charge in [-0.25, -0.2) is 0 Å². The molecule has 0 radical (unpaired) electrons. The Hall–Kier alpha value is -2.76. The van der Waals surface area contributed by atoms with E-state index in [2.05, 4.69) is 45.1 Å². The van der Waals surface area contributed by atoms with Crippen LogP contribution in [0.2, 0.25) is 0 Å². The van der Waals surface area contributed by atoms with Crippen molar-refractivity contribution in [2.75, 3.05) is 0 Å². The number of benzene rings is 3. The molecule has 2 atom stereocenters. The number of ketones is 1. The Labute approximate surface area is 211 Å². The first kappa shape index (κ1) is 25.9. The van der Waals surface area contributed by atoms with Crippen LogP contribution < -0.4 is 0 Å². The van der Waals surface area contributed by atoms with Crippen molar-refractivity contribution in [3.05, 3.63) is 108 Å². The molecule has 0 N–H and O–H groups in total. The highest BCUT2D eigenvalue weighted by Crippen LogP contribution is 2.22. The third kappa shape index (κ3) is 7.93. The van der Waals surface area contributed by atoms with Crippen LogP contribution in [-0.4, -0.2) is 33.1 Å². The molecule has 3 aromatic rings. The number of esters is 1. The molecule has 178 valence electrons. The molecule has 0 aliphatic rings. The fourth-order valence-corrected chi connectivity index (χ4v) is 4.20. The van der Waals surface area contributed by atoms with Crippen LogP contribution in [0.15, 0.2) is 91.0 Å². The number of carbonyl (C=O) groups excluding carboxylic acids is 2. The Morgan fingerprint density at radius 1 is 0.765 bits per heavy atom. The highest BCUT2D eigenvalue weighted by atomic mass is 79.9. The number of nitrogens with zero attached hydrogens (tertiary/aromatic N) is 1. The quantitative estimate of drug-likeness (QED) is 0.187. The van der Waals surface area contributed by atoms with Crippen LogP contribution in [0.4, 0.5) is 0 Å². The molecule has 0 aliphatic heterocycles. The highest BCUT2D eigenvalue weighted by Gasteiger charge is 2.36. The van der Waals surface area contributed by atoms with E-state index in [1.54, 1.807) is 20.8 Å². The smallest absolute Gasteiger partial charge is 0.327 e. The van der Waals surface area contributed by atoms with Crippen molar-refractivity contribution in [2.24, 2.45) is 0 Å². The Morgan fingerprint density at radius 3 is 1.59 bits per heavy atom. The predicted molar refractivity (Wildman–Crippen MR) is 140 cm³/mol. The zero-order valence-corrected chi connectivity index (χ0v) is 21.6. The molecular weight excluding hydrogens is 490 g/mol. The number of alkyl halides is 1. The maximum atomic E-state index is 13.8. The molecule has 34 heavy (non-hydrogen) atoms. The summed E-state index contributed by atoms with van der Waals surface area (Å²) in [6, 6.07) is 29.6. The van der Waals surface area contributed by atoms with Gasteiger partial charge in [-0.2, -0.15) is 0 Å². The lowest BCUT2D eigenvalue weighted by atomic mass is 9.97. The van der Waals surface area contributed by atoms with Crippen LogP contribution in [-0.2, 0) is 33.8 Å². The number of hydrogen-bond donors (Lipinski definition) is 0. The summed E-state index contributed by atoms with van der Waals surface area (Å²) >= 11 is 3.36. The molecule has 0 saturated heterocycles. The van der Waals surface area contributed by atoms with Gasteiger partial charge < -0.3 is 4.74 Å². The topological polar surface area (TPSA) is 46.6 Å². The third-order valence-electron chi connectivity index (χ3n) is 5.36. The lowest BCUT2D eigenvalue weighted by molar-refractivity contribution is -0.155. The van der Waals surface area contributed by atoms with Gasteiger partial charge in [0.1, 0.15) is 5.60 Å². The molecule has 0 spiro atoms. The summed E-state index contributed by atoms with van der Waals surface area (Å²) in [7, 11) is 0. The Balaban J connectivity index is 1.96. The van der Waals surface area contributed by atoms with E-state index in [0.29, 0.717) is 19.5 Å². The largest absolute Gasteiger partial charge is 0.459 e. The molecule has 0 amide bonds. The third-order valence-corrected chi connectivity index (χ3v) is 6.19. The Bertz CT molecular complexity index is 1010. The van der Waals surface area contributed by atoms with Crippen molar-refractivity contribution in [3.8, 4) is 0 Å². The average molecular weight is 522 g/mol. The number of rotatable bonds is 10. The maximum Gasteiger partial charge on any atom is 0.327 e. The summed E-state index contributed by atoms with van der Waals surface area (Å²) in [6.45, 7) is 6.55. The fourth-order valence-electron chi connectivity index (χ4n) is 3.80. The van der Waals surface area contributed by atoms with Gasteiger partial charge in [0.25, 0.3) is 0 Å². The van der Waals surface area contributed by atoms with E-state index in [4.69, 9.17) is 4.74 Å². The second-order valence-electron chi connectivity index (χ2n) is 9.38. The molecule has 0 heterocycles. The minimum absolute atomic E-state index is 0.204. The second kappa shape index (κ2) is 12.1. The minimum atomic E-state index is -1.05. The van der Waals surface area contributed by atoms with E-state index in [1.165, 1.54) is 0 Å². The molecule has 0 aromatic heterocycles. The maximum absolute atomic E-state index is 13.8. The normalized spacial score (nSPS) is 13.3. The van der Waals surface area contributed by atoms with Crippen molar-refractivity contribution in [2.45, 2.75) is 56.8 Å². The van der Waals surface area contributed by atoms with E-state index >= 15 is 0 Å². The van der Waals surface area contributed by atoms with Crippen LogP contribution >= 0.6 is 15.9 Å². The van der Waals surface area contributed by atoms with Gasteiger partial charge in [-0.05, 0) is 43.9 Å². The van der Waals surface area contributed by atoms with Gasteiger partial charge in [0, 0.05) is 13.1 Å². The van der Waals surface area contributed by atoms with Crippen LogP contribution in [0, 0.1) is 0 Å². The number of halogens is 1. The second-order valence-corrected chi connectivity index (χ2v) is 10.3. The summed E-state index contributed by atoms with van der Waals surface area (Å²) in [5, 5.41) is 0. The van der Waals surface area contributed by atoms with Gasteiger partial charge in [0.2, 0.25) is 0 Å². The zero-order chi connectivity index (χ0) is 24.6. The standard InChI is InChI=1S/C29H32BrNO3/c1-29(2,3)34-28(33)26(30)27(32)25(19-22-13-7-4-8-14-22)31(20-23-15-9-5-10-16-23)21-24-17-11-6-12-18-24/h4-18,25-26H,19-21H2,1-3H3/t25?,26-/m0/s1. The van der Waals surface area contributed by atoms with E-state index in [0.717, 1.165) is 16.7 Å². The van der Waals surface area contributed by atoms with Crippen LogP contribution in [0.25, 0.3) is 0 Å². The SMILES string of the molecule is CC(C)(C)OC(=O)[C@@H](Br)C(=O)C(Cc1ccccc1)N(Cc1ccccc1)Cc1ccccc1. The molecule has 0 bridgehead atoms. The van der Waals surface area contributed by atoms with Crippen molar-refractivity contribution < 1.29 is 14.3 Å². The van der Waals surface area contributed by atoms with Crippen molar-refractivity contribution in [1.82, 2.24) is 4.90 Å². The van der Waals surface area contributed by atoms with Crippen LogP contribution in [0.3, 0.4) is 0 Å². The summed E-state index contributed by atoms with van der Waals surface area (Å²) in [5.41, 5.74) is 2.57. The molecule has 5 heteroatoms. The first-order valence-electron chi connectivity index (χ1n) is 11.5. The Morgan fingerprint density at radius 2 is 1.18 bits per heavy atom. The first-order valence-corrected chi connectivity index (χ1v) is 12.4. The van der Waals surface area contributed by atoms with Crippen molar-refractivity contribution in [1.29, 1.82) is 0 Å². The number of ether oxygens (including phenoxy) is 1. The molecule has 0 saturated carbocycles. The monoisotopic (exact) mass is 521 g/mol. The summed E-state index contributed by atoms with van der Waals surface area (Å²) in [4.78, 5) is 27.7. The zero-order valence-electron chi connectivity index (χ0n) is 20.0. The first-order chi connectivity index (χ1) is 16.2. The van der Waals surface area contributed by atoms with E-state index in [9.17, 15) is 9.59 Å². The number of carbonyl (C=O) groups is 2. The molecular formula is C29H32BrNO3. The van der Waals surface area contributed by atoms with Crippen molar-refractivity contribution in [3.63, 3.8) is 0 Å². The van der Waals surface area contributed by atoms with Crippen LogP contribution in [0.1, 0.15) is 37.5 Å². The van der Waals surface area contributed by atoms with Gasteiger partial charge in [0.05, 0.1) is 6.04 Å². The molecule has 1 unspecified atom stereocenters. The summed E-state index contributed by atoms with van der Waals surface area (Å²) in [6.07, 6.45) is 0.490. The van der Waals surface area contributed by atoms with Gasteiger partial charge >= 0.3 is 5.97 Å². The van der Waals surface area contributed by atoms with Gasteiger partial charge in [-0.3, -0.25) is 14.5 Å². The lowest BCUT2D eigenvalue weighted by Crippen LogP contribution is -2.47. The number of hydrogen-bond acceptors (Lipinski definition) is 4. The molecule has 0 aliphatic carbocycles. The van der Waals surface area contributed by atoms with Gasteiger partial charge in [-0.15, -0.1) is 0 Å². The molecule has 0 fully saturated rings. The van der Waals surface area contributed by atoms with E-state index in [-0.39, 0.29) is 5.78 Å². The van der Waals surface area contributed by atoms with E-state index in [1.807, 2.05) is 66.7 Å². The molecule has 3 aromatic carbocycles. The average Bonchev–Trinajstić information content (AvgIpc) is 2.82. The Kier molecular flexibility index (Phi) is 9.20. The lowest BCUT2D eigenvalue weighted by Gasteiger charge is -2.32. The van der Waals surface area contributed by atoms with E-state index < -0.39 is 22.4 Å². The summed E-state index contributed by atoms with van der Waals surface area (Å²) < 4.78 is 5.51. The summed E-state index contributed by atoms with van der Waals surface area (Å²) in [5.74, 6) is -0.764. The minimum Gasteiger partial charge on any atom is -0.459 e. The fraction of sp³-hybridized carbons (Fsp3) is 0.310. The van der Waals surface area contributed by atoms with Crippen LogP contribution in [0.5, 0.6) is 0 Å². The number of Topliss-reactive ketones (excluding diaryl/α,β-unsaturated/α-hetero) is 1. The van der Waals surface area contributed by atoms with Gasteiger partial charge in [0.15, 0.2) is 10.6 Å².